The summed E-state index contributed by atoms with van der Waals surface area (Å²) in [5.41, 5.74) is 0.671. The number of sulfonamides is 1. The van der Waals surface area contributed by atoms with Gasteiger partial charge in [-0.25, -0.2) is 12.8 Å². The molecule has 0 fully saturated rings. The molecule has 0 spiro atoms. The summed E-state index contributed by atoms with van der Waals surface area (Å²) in [4.78, 5) is 12.9. The maximum atomic E-state index is 13.4. The molecule has 1 amide bonds. The van der Waals surface area contributed by atoms with Crippen LogP contribution in [0.3, 0.4) is 0 Å². The molecule has 0 aromatic heterocycles. The zero-order chi connectivity index (χ0) is 22.5. The molecule has 0 radical (unpaired) electrons. The van der Waals surface area contributed by atoms with E-state index in [0.717, 1.165) is 9.87 Å². The number of anilines is 1. The van der Waals surface area contributed by atoms with Crippen molar-refractivity contribution >= 4 is 21.6 Å². The molecule has 0 heterocycles. The number of carbonyl (C=O) groups is 1. The van der Waals surface area contributed by atoms with E-state index >= 15 is 0 Å². The first-order valence-corrected chi connectivity index (χ1v) is 11.3. The van der Waals surface area contributed by atoms with Crippen LogP contribution in [0.1, 0.15) is 19.4 Å². The smallest absolute Gasteiger partial charge is 0.264 e. The number of nitrogens with one attached hydrogen (secondary N) is 1. The van der Waals surface area contributed by atoms with Crippen LogP contribution in [0.15, 0.2) is 89.8 Å². The number of hydrogen-bond acceptors (Lipinski definition) is 3. The minimum Gasteiger partial charge on any atom is -0.349 e. The molecule has 31 heavy (non-hydrogen) atoms. The van der Waals surface area contributed by atoms with Crippen molar-refractivity contribution in [3.05, 3.63) is 96.3 Å². The molecule has 0 unspecified atom stereocenters. The van der Waals surface area contributed by atoms with Crippen molar-refractivity contribution in [3.63, 3.8) is 0 Å². The molecule has 3 aromatic carbocycles. The highest BCUT2D eigenvalue weighted by Crippen LogP contribution is 2.24. The average Bonchev–Trinajstić information content (AvgIpc) is 2.73. The second-order valence-electron chi connectivity index (χ2n) is 7.90. The van der Waals surface area contributed by atoms with Gasteiger partial charge in [0.15, 0.2) is 0 Å². The van der Waals surface area contributed by atoms with E-state index in [1.54, 1.807) is 18.2 Å². The van der Waals surface area contributed by atoms with Crippen LogP contribution in [-0.2, 0) is 21.2 Å². The standard InChI is InChI=1S/C24H25FN2O3S/c1-24(2,17-19-9-5-3-6-10-19)26-23(28)18-27(21-15-13-20(25)14-16-21)31(29,30)22-11-7-4-8-12-22/h3-16H,17-18H2,1-2H3,(H,26,28). The van der Waals surface area contributed by atoms with E-state index in [1.807, 2.05) is 44.2 Å². The van der Waals surface area contributed by atoms with Crippen molar-refractivity contribution in [1.29, 1.82) is 0 Å². The first-order valence-electron chi connectivity index (χ1n) is 9.86. The number of benzene rings is 3. The largest absolute Gasteiger partial charge is 0.349 e. The molecule has 3 aromatic rings. The Labute approximate surface area is 182 Å². The van der Waals surface area contributed by atoms with Crippen molar-refractivity contribution in [2.24, 2.45) is 0 Å². The van der Waals surface area contributed by atoms with E-state index in [9.17, 15) is 17.6 Å². The predicted octanol–water partition coefficient (Wildman–Crippen LogP) is 4.16. The SMILES string of the molecule is CC(C)(Cc1ccccc1)NC(=O)CN(c1ccc(F)cc1)S(=O)(=O)c1ccccc1. The van der Waals surface area contributed by atoms with Crippen LogP contribution in [0.5, 0.6) is 0 Å². The first-order chi connectivity index (χ1) is 14.7. The van der Waals surface area contributed by atoms with Gasteiger partial charge >= 0.3 is 0 Å². The third kappa shape index (κ3) is 5.92. The van der Waals surface area contributed by atoms with Gasteiger partial charge in [-0.15, -0.1) is 0 Å². The molecule has 7 heteroatoms. The average molecular weight is 441 g/mol. The number of halogens is 1. The lowest BCUT2D eigenvalue weighted by Crippen LogP contribution is -2.50. The quantitative estimate of drug-likeness (QED) is 0.572. The normalized spacial score (nSPS) is 11.7. The molecule has 0 aliphatic heterocycles. The van der Waals surface area contributed by atoms with E-state index in [4.69, 9.17) is 0 Å². The maximum Gasteiger partial charge on any atom is 0.264 e. The van der Waals surface area contributed by atoms with Gasteiger partial charge in [-0.3, -0.25) is 9.10 Å². The third-order valence-electron chi connectivity index (χ3n) is 4.70. The molecule has 162 valence electrons. The monoisotopic (exact) mass is 440 g/mol. The van der Waals surface area contributed by atoms with Gasteiger partial charge in [0.2, 0.25) is 5.91 Å². The third-order valence-corrected chi connectivity index (χ3v) is 6.49. The first kappa shape index (κ1) is 22.5. The van der Waals surface area contributed by atoms with Crippen LogP contribution in [0.2, 0.25) is 0 Å². The minimum atomic E-state index is -4.03. The van der Waals surface area contributed by atoms with E-state index in [0.29, 0.717) is 6.42 Å². The predicted molar refractivity (Wildman–Crippen MR) is 120 cm³/mol. The molecule has 1 N–H and O–H groups in total. The highest BCUT2D eigenvalue weighted by molar-refractivity contribution is 7.92. The number of rotatable bonds is 8. The van der Waals surface area contributed by atoms with Gasteiger partial charge in [0.05, 0.1) is 10.6 Å². The van der Waals surface area contributed by atoms with Crippen molar-refractivity contribution in [2.45, 2.75) is 30.7 Å². The molecule has 0 atom stereocenters. The fourth-order valence-electron chi connectivity index (χ4n) is 3.34. The van der Waals surface area contributed by atoms with Gasteiger partial charge in [-0.05, 0) is 62.2 Å². The van der Waals surface area contributed by atoms with Crippen molar-refractivity contribution in [2.75, 3.05) is 10.8 Å². The highest BCUT2D eigenvalue weighted by atomic mass is 32.2. The summed E-state index contributed by atoms with van der Waals surface area (Å²) in [6.45, 7) is 3.33. The summed E-state index contributed by atoms with van der Waals surface area (Å²) in [5.74, 6) is -0.945. The van der Waals surface area contributed by atoms with Crippen LogP contribution >= 0.6 is 0 Å². The van der Waals surface area contributed by atoms with Gasteiger partial charge in [0, 0.05) is 5.54 Å². The second kappa shape index (κ2) is 9.31. The summed E-state index contributed by atoms with van der Waals surface area (Å²) in [6, 6.07) is 22.6. The van der Waals surface area contributed by atoms with Crippen LogP contribution in [0, 0.1) is 5.82 Å². The molecular weight excluding hydrogens is 415 g/mol. The Morgan fingerprint density at radius 2 is 1.45 bits per heavy atom. The lowest BCUT2D eigenvalue weighted by atomic mass is 9.95. The number of carbonyl (C=O) groups excluding carboxylic acids is 1. The molecule has 0 saturated carbocycles. The zero-order valence-corrected chi connectivity index (χ0v) is 18.3. The second-order valence-corrected chi connectivity index (χ2v) is 9.76. The van der Waals surface area contributed by atoms with Gasteiger partial charge in [-0.2, -0.15) is 0 Å². The fraction of sp³-hybridized carbons (Fsp3) is 0.208. The topological polar surface area (TPSA) is 66.5 Å². The minimum absolute atomic E-state index is 0.0515. The molecule has 0 aliphatic carbocycles. The summed E-state index contributed by atoms with van der Waals surface area (Å²) in [5, 5.41) is 2.92. The van der Waals surface area contributed by atoms with Crippen LogP contribution in [0.4, 0.5) is 10.1 Å². The Morgan fingerprint density at radius 1 is 0.903 bits per heavy atom. The molecule has 3 rings (SSSR count). The molecule has 5 nitrogen and oxygen atoms in total. The lowest BCUT2D eigenvalue weighted by Gasteiger charge is -2.29. The molecule has 0 aliphatic rings. The number of amides is 1. The summed E-state index contributed by atoms with van der Waals surface area (Å²) in [7, 11) is -4.03. The zero-order valence-electron chi connectivity index (χ0n) is 17.5. The number of hydrogen-bond donors (Lipinski definition) is 1. The summed E-state index contributed by atoms with van der Waals surface area (Å²) in [6.07, 6.45) is 0.585. The van der Waals surface area contributed by atoms with E-state index in [2.05, 4.69) is 5.32 Å². The van der Waals surface area contributed by atoms with Crippen LogP contribution in [0.25, 0.3) is 0 Å². The maximum absolute atomic E-state index is 13.4. The van der Waals surface area contributed by atoms with Gasteiger partial charge < -0.3 is 5.32 Å². The van der Waals surface area contributed by atoms with Gasteiger partial charge in [-0.1, -0.05) is 48.5 Å². The number of nitrogens with zero attached hydrogens (tertiary/aromatic N) is 1. The Morgan fingerprint density at radius 3 is 2.03 bits per heavy atom. The van der Waals surface area contributed by atoms with Crippen LogP contribution in [-0.4, -0.2) is 26.4 Å². The Bertz CT molecular complexity index is 1120. The van der Waals surface area contributed by atoms with E-state index in [1.165, 1.54) is 36.4 Å². The van der Waals surface area contributed by atoms with E-state index < -0.39 is 33.8 Å². The summed E-state index contributed by atoms with van der Waals surface area (Å²) < 4.78 is 40.9. The molecule has 0 saturated heterocycles. The van der Waals surface area contributed by atoms with Gasteiger partial charge in [0.25, 0.3) is 10.0 Å². The van der Waals surface area contributed by atoms with Gasteiger partial charge in [0.1, 0.15) is 12.4 Å². The Kier molecular flexibility index (Phi) is 6.75. The molecule has 0 bridgehead atoms. The van der Waals surface area contributed by atoms with E-state index in [-0.39, 0.29) is 10.6 Å². The Balaban J connectivity index is 1.84. The molecular formula is C24H25FN2O3S. The van der Waals surface area contributed by atoms with Crippen molar-refractivity contribution in [1.82, 2.24) is 5.32 Å². The highest BCUT2D eigenvalue weighted by Gasteiger charge is 2.29. The summed E-state index contributed by atoms with van der Waals surface area (Å²) >= 11 is 0. The fourth-order valence-corrected chi connectivity index (χ4v) is 4.78. The lowest BCUT2D eigenvalue weighted by molar-refractivity contribution is -0.121. The van der Waals surface area contributed by atoms with Crippen LogP contribution < -0.4 is 9.62 Å². The Hall–Kier alpha value is -3.19. The van der Waals surface area contributed by atoms with Crippen molar-refractivity contribution in [3.8, 4) is 0 Å². The van der Waals surface area contributed by atoms with Crippen molar-refractivity contribution < 1.29 is 17.6 Å².